The lowest BCUT2D eigenvalue weighted by atomic mass is 10.1. The standard InChI is InChI=1S/C16H24N2OS/c1-20-13-16(19)17-11-14-5-7-15(8-6-14)12-18-9-3-2-4-10-18/h5-8H,2-4,9-13H2,1H3,(H,17,19). The summed E-state index contributed by atoms with van der Waals surface area (Å²) in [6.45, 7) is 4.14. The Kier molecular flexibility index (Phi) is 6.40. The molecule has 1 saturated heterocycles. The molecule has 1 aromatic carbocycles. The molecule has 1 heterocycles. The molecule has 0 bridgehead atoms. The van der Waals surface area contributed by atoms with Crippen LogP contribution in [0.3, 0.4) is 0 Å². The fraction of sp³-hybridized carbons (Fsp3) is 0.562. The van der Waals surface area contributed by atoms with Gasteiger partial charge in [-0.2, -0.15) is 11.8 Å². The van der Waals surface area contributed by atoms with Gasteiger partial charge in [-0.25, -0.2) is 0 Å². The number of amides is 1. The van der Waals surface area contributed by atoms with Crippen molar-refractivity contribution in [1.29, 1.82) is 0 Å². The minimum Gasteiger partial charge on any atom is -0.351 e. The highest BCUT2D eigenvalue weighted by Gasteiger charge is 2.10. The van der Waals surface area contributed by atoms with Crippen molar-refractivity contribution >= 4 is 17.7 Å². The summed E-state index contributed by atoms with van der Waals surface area (Å²) < 4.78 is 0. The Morgan fingerprint density at radius 1 is 1.15 bits per heavy atom. The smallest absolute Gasteiger partial charge is 0.230 e. The van der Waals surface area contributed by atoms with Crippen molar-refractivity contribution in [2.45, 2.75) is 32.4 Å². The number of carbonyl (C=O) groups excluding carboxylic acids is 1. The number of nitrogens with zero attached hydrogens (tertiary/aromatic N) is 1. The molecule has 20 heavy (non-hydrogen) atoms. The zero-order valence-corrected chi connectivity index (χ0v) is 13.0. The van der Waals surface area contributed by atoms with Crippen LogP contribution in [0.5, 0.6) is 0 Å². The van der Waals surface area contributed by atoms with Gasteiger partial charge in [-0.05, 0) is 43.3 Å². The van der Waals surface area contributed by atoms with E-state index in [0.717, 1.165) is 6.54 Å². The third-order valence-corrected chi connectivity index (χ3v) is 4.19. The molecule has 3 nitrogen and oxygen atoms in total. The van der Waals surface area contributed by atoms with Gasteiger partial charge in [0.2, 0.25) is 5.91 Å². The van der Waals surface area contributed by atoms with Crippen LogP contribution in [0.25, 0.3) is 0 Å². The average Bonchev–Trinajstić information content (AvgIpc) is 2.48. The largest absolute Gasteiger partial charge is 0.351 e. The van der Waals surface area contributed by atoms with Crippen LogP contribution in [-0.2, 0) is 17.9 Å². The molecule has 1 aromatic rings. The highest BCUT2D eigenvalue weighted by Crippen LogP contribution is 2.13. The fourth-order valence-electron chi connectivity index (χ4n) is 2.52. The van der Waals surface area contributed by atoms with E-state index in [-0.39, 0.29) is 5.91 Å². The molecule has 1 aliphatic rings. The van der Waals surface area contributed by atoms with Gasteiger partial charge in [0.25, 0.3) is 0 Å². The van der Waals surface area contributed by atoms with Crippen molar-refractivity contribution in [3.05, 3.63) is 35.4 Å². The summed E-state index contributed by atoms with van der Waals surface area (Å²) in [5.41, 5.74) is 2.54. The van der Waals surface area contributed by atoms with E-state index in [4.69, 9.17) is 0 Å². The van der Waals surface area contributed by atoms with Gasteiger partial charge in [0.15, 0.2) is 0 Å². The first-order valence-electron chi connectivity index (χ1n) is 7.34. The van der Waals surface area contributed by atoms with Crippen LogP contribution in [0, 0.1) is 0 Å². The van der Waals surface area contributed by atoms with Gasteiger partial charge in [0.05, 0.1) is 5.75 Å². The number of likely N-dealkylation sites (tertiary alicyclic amines) is 1. The van der Waals surface area contributed by atoms with E-state index >= 15 is 0 Å². The second-order valence-corrected chi connectivity index (χ2v) is 6.23. The van der Waals surface area contributed by atoms with Crippen molar-refractivity contribution in [2.75, 3.05) is 25.1 Å². The van der Waals surface area contributed by atoms with E-state index < -0.39 is 0 Å². The number of benzene rings is 1. The number of nitrogens with one attached hydrogen (secondary N) is 1. The SMILES string of the molecule is CSCC(=O)NCc1ccc(CN2CCCCC2)cc1. The number of piperidine rings is 1. The van der Waals surface area contributed by atoms with Crippen molar-refractivity contribution < 1.29 is 4.79 Å². The van der Waals surface area contributed by atoms with E-state index in [2.05, 4.69) is 34.5 Å². The van der Waals surface area contributed by atoms with Gasteiger partial charge >= 0.3 is 0 Å². The van der Waals surface area contributed by atoms with E-state index in [1.54, 1.807) is 11.8 Å². The van der Waals surface area contributed by atoms with Crippen LogP contribution < -0.4 is 5.32 Å². The Labute approximate surface area is 126 Å². The van der Waals surface area contributed by atoms with Crippen molar-refractivity contribution in [1.82, 2.24) is 10.2 Å². The molecule has 4 heteroatoms. The molecular weight excluding hydrogens is 268 g/mol. The highest BCUT2D eigenvalue weighted by molar-refractivity contribution is 7.99. The average molecular weight is 292 g/mol. The lowest BCUT2D eigenvalue weighted by Crippen LogP contribution is -2.29. The monoisotopic (exact) mass is 292 g/mol. The molecule has 2 rings (SSSR count). The van der Waals surface area contributed by atoms with Crippen molar-refractivity contribution in [3.63, 3.8) is 0 Å². The third-order valence-electron chi connectivity index (χ3n) is 3.64. The van der Waals surface area contributed by atoms with Crippen LogP contribution >= 0.6 is 11.8 Å². The Hall–Kier alpha value is -1.00. The molecular formula is C16H24N2OS. The number of hydrogen-bond donors (Lipinski definition) is 1. The molecule has 0 spiro atoms. The summed E-state index contributed by atoms with van der Waals surface area (Å²) in [6, 6.07) is 8.62. The first-order valence-corrected chi connectivity index (χ1v) is 8.73. The molecule has 0 aliphatic carbocycles. The molecule has 1 aliphatic heterocycles. The van der Waals surface area contributed by atoms with Gasteiger partial charge in [0.1, 0.15) is 0 Å². The minimum atomic E-state index is 0.106. The minimum absolute atomic E-state index is 0.106. The lowest BCUT2D eigenvalue weighted by molar-refractivity contribution is -0.118. The molecule has 1 amide bonds. The third kappa shape index (κ3) is 5.17. The quantitative estimate of drug-likeness (QED) is 0.875. The maximum absolute atomic E-state index is 11.4. The molecule has 0 saturated carbocycles. The number of hydrogen-bond acceptors (Lipinski definition) is 3. The first-order chi connectivity index (χ1) is 9.78. The molecule has 0 radical (unpaired) electrons. The predicted molar refractivity (Wildman–Crippen MR) is 85.8 cm³/mol. The summed E-state index contributed by atoms with van der Waals surface area (Å²) in [5.74, 6) is 0.641. The number of rotatable bonds is 6. The van der Waals surface area contributed by atoms with Crippen LogP contribution in [0.15, 0.2) is 24.3 Å². The Balaban J connectivity index is 1.78. The van der Waals surface area contributed by atoms with Gasteiger partial charge in [0, 0.05) is 13.1 Å². The van der Waals surface area contributed by atoms with E-state index in [1.165, 1.54) is 43.5 Å². The Bertz CT molecular complexity index is 413. The topological polar surface area (TPSA) is 32.3 Å². The summed E-state index contributed by atoms with van der Waals surface area (Å²) >= 11 is 1.55. The summed E-state index contributed by atoms with van der Waals surface area (Å²) in [4.78, 5) is 13.9. The fourth-order valence-corrected chi connectivity index (χ4v) is 2.89. The summed E-state index contributed by atoms with van der Waals surface area (Å²) in [7, 11) is 0. The van der Waals surface area contributed by atoms with Crippen LogP contribution in [0.2, 0.25) is 0 Å². The molecule has 110 valence electrons. The molecule has 0 unspecified atom stereocenters. The second-order valence-electron chi connectivity index (χ2n) is 5.36. The lowest BCUT2D eigenvalue weighted by Gasteiger charge is -2.26. The Morgan fingerprint density at radius 3 is 2.45 bits per heavy atom. The van der Waals surface area contributed by atoms with Crippen LogP contribution in [0.4, 0.5) is 0 Å². The highest BCUT2D eigenvalue weighted by atomic mass is 32.2. The first kappa shape index (κ1) is 15.4. The van der Waals surface area contributed by atoms with E-state index in [9.17, 15) is 4.79 Å². The zero-order chi connectivity index (χ0) is 14.2. The maximum Gasteiger partial charge on any atom is 0.230 e. The van der Waals surface area contributed by atoms with Gasteiger partial charge in [-0.1, -0.05) is 30.7 Å². The zero-order valence-electron chi connectivity index (χ0n) is 12.2. The van der Waals surface area contributed by atoms with E-state index in [1.807, 2.05) is 6.26 Å². The molecule has 1 N–H and O–H groups in total. The maximum atomic E-state index is 11.4. The predicted octanol–water partition coefficient (Wildman–Crippen LogP) is 2.65. The van der Waals surface area contributed by atoms with Crippen molar-refractivity contribution in [2.24, 2.45) is 0 Å². The molecule has 0 atom stereocenters. The molecule has 1 fully saturated rings. The van der Waals surface area contributed by atoms with Gasteiger partial charge in [-0.15, -0.1) is 0 Å². The second kappa shape index (κ2) is 8.32. The van der Waals surface area contributed by atoms with Crippen molar-refractivity contribution in [3.8, 4) is 0 Å². The molecule has 0 aromatic heterocycles. The summed E-state index contributed by atoms with van der Waals surface area (Å²) in [6.07, 6.45) is 5.99. The van der Waals surface area contributed by atoms with Crippen LogP contribution in [-0.4, -0.2) is 35.9 Å². The van der Waals surface area contributed by atoms with Gasteiger partial charge in [-0.3, -0.25) is 9.69 Å². The number of thioether (sulfide) groups is 1. The number of carbonyl (C=O) groups is 1. The van der Waals surface area contributed by atoms with E-state index in [0.29, 0.717) is 12.3 Å². The Morgan fingerprint density at radius 2 is 1.80 bits per heavy atom. The normalized spacial score (nSPS) is 16.1. The van der Waals surface area contributed by atoms with Gasteiger partial charge < -0.3 is 5.32 Å². The van der Waals surface area contributed by atoms with Crippen LogP contribution in [0.1, 0.15) is 30.4 Å². The summed E-state index contributed by atoms with van der Waals surface area (Å²) in [5, 5.41) is 2.93.